The number of nitrogens with one attached hydrogen (secondary N) is 1. The van der Waals surface area contributed by atoms with Crippen LogP contribution in [0.4, 0.5) is 0 Å². The van der Waals surface area contributed by atoms with Crippen molar-refractivity contribution in [2.45, 2.75) is 26.3 Å². The van der Waals surface area contributed by atoms with Gasteiger partial charge in [0.25, 0.3) is 0 Å². The molecule has 94 valence electrons. The molecule has 2 nitrogen and oxygen atoms in total. The van der Waals surface area contributed by atoms with Crippen molar-refractivity contribution >= 4 is 15.9 Å². The van der Waals surface area contributed by atoms with E-state index in [1.807, 2.05) is 0 Å². The van der Waals surface area contributed by atoms with Crippen molar-refractivity contribution < 1.29 is 4.74 Å². The van der Waals surface area contributed by atoms with Gasteiger partial charge in [-0.05, 0) is 31.0 Å². The second-order valence-corrected chi connectivity index (χ2v) is 6.33. The summed E-state index contributed by atoms with van der Waals surface area (Å²) < 4.78 is 6.40. The van der Waals surface area contributed by atoms with Gasteiger partial charge in [0.1, 0.15) is 0 Å². The third-order valence-electron chi connectivity index (χ3n) is 3.23. The van der Waals surface area contributed by atoms with E-state index in [2.05, 4.69) is 59.4 Å². The van der Waals surface area contributed by atoms with Crippen molar-refractivity contribution in [2.75, 3.05) is 19.8 Å². The van der Waals surface area contributed by atoms with Crippen LogP contribution in [0.1, 0.15) is 19.4 Å². The summed E-state index contributed by atoms with van der Waals surface area (Å²) in [7, 11) is 0. The summed E-state index contributed by atoms with van der Waals surface area (Å²) in [6.45, 7) is 7.35. The van der Waals surface area contributed by atoms with E-state index in [0.29, 0.717) is 11.5 Å². The molecule has 3 heteroatoms. The minimum Gasteiger partial charge on any atom is -0.380 e. The molecule has 1 aliphatic heterocycles. The number of halogens is 1. The smallest absolute Gasteiger partial charge is 0.0554 e. The molecule has 1 heterocycles. The third-order valence-corrected chi connectivity index (χ3v) is 3.76. The average molecular weight is 298 g/mol. The largest absolute Gasteiger partial charge is 0.380 e. The molecule has 1 atom stereocenters. The Kier molecular flexibility index (Phi) is 4.23. The van der Waals surface area contributed by atoms with Crippen LogP contribution >= 0.6 is 15.9 Å². The molecule has 0 saturated carbocycles. The highest BCUT2D eigenvalue weighted by Crippen LogP contribution is 2.25. The first-order chi connectivity index (χ1) is 8.07. The first-order valence-electron chi connectivity index (χ1n) is 6.13. The SMILES string of the molecule is CC(Cc1ccc(Br)cc1)NCC1(C)COC1. The van der Waals surface area contributed by atoms with Crippen LogP contribution in [0.3, 0.4) is 0 Å². The maximum Gasteiger partial charge on any atom is 0.0554 e. The fourth-order valence-electron chi connectivity index (χ4n) is 2.02. The first-order valence-corrected chi connectivity index (χ1v) is 6.92. The van der Waals surface area contributed by atoms with Crippen LogP contribution < -0.4 is 5.32 Å². The highest BCUT2D eigenvalue weighted by atomic mass is 79.9. The lowest BCUT2D eigenvalue weighted by Gasteiger charge is -2.39. The van der Waals surface area contributed by atoms with Crippen LogP contribution in [-0.4, -0.2) is 25.8 Å². The van der Waals surface area contributed by atoms with Crippen LogP contribution in [0.5, 0.6) is 0 Å². The highest BCUT2D eigenvalue weighted by Gasteiger charge is 2.33. The average Bonchev–Trinajstić information content (AvgIpc) is 2.27. The van der Waals surface area contributed by atoms with Gasteiger partial charge in [-0.15, -0.1) is 0 Å². The van der Waals surface area contributed by atoms with E-state index in [9.17, 15) is 0 Å². The molecule has 17 heavy (non-hydrogen) atoms. The summed E-state index contributed by atoms with van der Waals surface area (Å²) in [6.07, 6.45) is 1.07. The van der Waals surface area contributed by atoms with Crippen molar-refractivity contribution in [1.82, 2.24) is 5.32 Å². The van der Waals surface area contributed by atoms with Crippen molar-refractivity contribution in [2.24, 2.45) is 5.41 Å². The van der Waals surface area contributed by atoms with Gasteiger partial charge in [-0.3, -0.25) is 0 Å². The summed E-state index contributed by atoms with van der Waals surface area (Å²) in [6, 6.07) is 9.06. The van der Waals surface area contributed by atoms with E-state index in [-0.39, 0.29) is 0 Å². The van der Waals surface area contributed by atoms with E-state index >= 15 is 0 Å². The maximum absolute atomic E-state index is 5.26. The number of benzene rings is 1. The van der Waals surface area contributed by atoms with Gasteiger partial charge >= 0.3 is 0 Å². The zero-order valence-electron chi connectivity index (χ0n) is 10.5. The van der Waals surface area contributed by atoms with Crippen molar-refractivity contribution in [3.8, 4) is 0 Å². The topological polar surface area (TPSA) is 21.3 Å². The molecule has 0 aliphatic carbocycles. The summed E-state index contributed by atoms with van der Waals surface area (Å²) in [5.41, 5.74) is 1.73. The Morgan fingerprint density at radius 1 is 1.35 bits per heavy atom. The Bertz CT molecular complexity index is 359. The number of ether oxygens (including phenoxy) is 1. The second kappa shape index (κ2) is 5.51. The Balaban J connectivity index is 1.76. The minimum atomic E-state index is 0.355. The monoisotopic (exact) mass is 297 g/mol. The van der Waals surface area contributed by atoms with Gasteiger partial charge in [-0.1, -0.05) is 35.0 Å². The molecule has 1 unspecified atom stereocenters. The molecule has 1 saturated heterocycles. The summed E-state index contributed by atoms with van der Waals surface area (Å²) in [5.74, 6) is 0. The van der Waals surface area contributed by atoms with E-state index in [4.69, 9.17) is 4.74 Å². The van der Waals surface area contributed by atoms with Gasteiger partial charge in [-0.2, -0.15) is 0 Å². The lowest BCUT2D eigenvalue weighted by molar-refractivity contribution is -0.0998. The molecule has 1 fully saturated rings. The van der Waals surface area contributed by atoms with E-state index in [1.165, 1.54) is 5.56 Å². The molecule has 0 spiro atoms. The molecular formula is C14H20BrNO. The lowest BCUT2D eigenvalue weighted by Crippen LogP contribution is -2.49. The predicted molar refractivity (Wildman–Crippen MR) is 74.2 cm³/mol. The van der Waals surface area contributed by atoms with Gasteiger partial charge in [0.2, 0.25) is 0 Å². The van der Waals surface area contributed by atoms with Gasteiger partial charge in [0.15, 0.2) is 0 Å². The Morgan fingerprint density at radius 3 is 2.53 bits per heavy atom. The van der Waals surface area contributed by atoms with E-state index in [1.54, 1.807) is 0 Å². The standard InChI is InChI=1S/C14H20BrNO/c1-11(16-8-14(2)9-17-10-14)7-12-3-5-13(15)6-4-12/h3-6,11,16H,7-10H2,1-2H3. The molecule has 0 bridgehead atoms. The first kappa shape index (κ1) is 13.1. The minimum absolute atomic E-state index is 0.355. The number of hydrogen-bond donors (Lipinski definition) is 1. The fraction of sp³-hybridized carbons (Fsp3) is 0.571. The van der Waals surface area contributed by atoms with Crippen molar-refractivity contribution in [3.05, 3.63) is 34.3 Å². The Hall–Kier alpha value is -0.380. The number of rotatable bonds is 5. The molecule has 1 N–H and O–H groups in total. The molecular weight excluding hydrogens is 278 g/mol. The lowest BCUT2D eigenvalue weighted by atomic mass is 9.88. The van der Waals surface area contributed by atoms with Crippen LogP contribution in [0, 0.1) is 5.41 Å². The van der Waals surface area contributed by atoms with Crippen molar-refractivity contribution in [1.29, 1.82) is 0 Å². The predicted octanol–water partition coefficient (Wildman–Crippen LogP) is 3.01. The summed E-state index contributed by atoms with van der Waals surface area (Å²) in [4.78, 5) is 0. The van der Waals surface area contributed by atoms with Crippen LogP contribution in [0.2, 0.25) is 0 Å². The number of hydrogen-bond acceptors (Lipinski definition) is 2. The van der Waals surface area contributed by atoms with Gasteiger partial charge < -0.3 is 10.1 Å². The normalized spacial score (nSPS) is 19.7. The van der Waals surface area contributed by atoms with Gasteiger partial charge in [0.05, 0.1) is 13.2 Å². The van der Waals surface area contributed by atoms with Gasteiger partial charge in [0, 0.05) is 22.5 Å². The summed E-state index contributed by atoms with van der Waals surface area (Å²) >= 11 is 3.46. The maximum atomic E-state index is 5.26. The molecule has 1 aromatic carbocycles. The molecule has 1 aliphatic rings. The van der Waals surface area contributed by atoms with E-state index in [0.717, 1.165) is 30.7 Å². The fourth-order valence-corrected chi connectivity index (χ4v) is 2.28. The second-order valence-electron chi connectivity index (χ2n) is 5.42. The quantitative estimate of drug-likeness (QED) is 0.902. The van der Waals surface area contributed by atoms with Crippen LogP contribution in [0.15, 0.2) is 28.7 Å². The molecule has 1 aromatic rings. The summed E-state index contributed by atoms with van der Waals surface area (Å²) in [5, 5.41) is 3.60. The van der Waals surface area contributed by atoms with Gasteiger partial charge in [-0.25, -0.2) is 0 Å². The van der Waals surface area contributed by atoms with Crippen LogP contribution in [0.25, 0.3) is 0 Å². The third kappa shape index (κ3) is 3.80. The highest BCUT2D eigenvalue weighted by molar-refractivity contribution is 9.10. The Labute approximate surface area is 112 Å². The van der Waals surface area contributed by atoms with Crippen molar-refractivity contribution in [3.63, 3.8) is 0 Å². The zero-order chi connectivity index (χ0) is 12.3. The Morgan fingerprint density at radius 2 is 2.00 bits per heavy atom. The van der Waals surface area contributed by atoms with Crippen LogP contribution in [-0.2, 0) is 11.2 Å². The molecule has 0 radical (unpaired) electrons. The van der Waals surface area contributed by atoms with E-state index < -0.39 is 0 Å². The molecule has 2 rings (SSSR count). The molecule has 0 amide bonds. The molecule has 0 aromatic heterocycles. The zero-order valence-corrected chi connectivity index (χ0v) is 12.1.